The van der Waals surface area contributed by atoms with Gasteiger partial charge in [0.25, 0.3) is 20.2 Å². The number of nitrogens with two attached hydrogens (primary N) is 2. The van der Waals surface area contributed by atoms with Crippen molar-refractivity contribution in [1.29, 1.82) is 0 Å². The maximum Gasteiger partial charge on any atom is 0.289 e. The summed E-state index contributed by atoms with van der Waals surface area (Å²) in [4.78, 5) is 0. The lowest BCUT2D eigenvalue weighted by atomic mass is 10.2. The van der Waals surface area contributed by atoms with E-state index in [2.05, 4.69) is 0 Å². The molecule has 1 aromatic rings. The van der Waals surface area contributed by atoms with Gasteiger partial charge in [0.2, 0.25) is 4.58 Å². The van der Waals surface area contributed by atoms with Crippen LogP contribution in [-0.4, -0.2) is 39.0 Å². The van der Waals surface area contributed by atoms with Gasteiger partial charge in [-0.05, 0) is 31.5 Å². The standard InChI is InChI=1S/C7H8O6S2.C6H16N2/c8-14(9,10)7(15(11,12)13)6-4-2-1-3-5-6;7-5-3-1-2-4-6-8/h1-5,7H,(H,8,9,10)(H,11,12,13);1-8H2. The van der Waals surface area contributed by atoms with Gasteiger partial charge in [-0.15, -0.1) is 0 Å². The first-order chi connectivity index (χ1) is 10.6. The van der Waals surface area contributed by atoms with Crippen molar-refractivity contribution in [3.63, 3.8) is 0 Å². The molecule has 1 aromatic carbocycles. The molecule has 0 radical (unpaired) electrons. The average molecular weight is 368 g/mol. The Morgan fingerprint density at radius 3 is 1.48 bits per heavy atom. The number of hydrogen-bond acceptors (Lipinski definition) is 6. The number of hydrogen-bond donors (Lipinski definition) is 4. The van der Waals surface area contributed by atoms with Crippen molar-refractivity contribution < 1.29 is 25.9 Å². The third kappa shape index (κ3) is 9.64. The highest BCUT2D eigenvalue weighted by molar-refractivity contribution is 8.03. The number of rotatable bonds is 8. The second kappa shape index (κ2) is 10.7. The zero-order valence-corrected chi connectivity index (χ0v) is 14.3. The zero-order chi connectivity index (χ0) is 17.9. The van der Waals surface area contributed by atoms with E-state index in [9.17, 15) is 16.8 Å². The van der Waals surface area contributed by atoms with Gasteiger partial charge in [-0.25, -0.2) is 0 Å². The SMILES string of the molecule is NCCCCCCN.O=S(=O)(O)C(c1ccccc1)S(=O)(=O)O. The van der Waals surface area contributed by atoms with Crippen LogP contribution >= 0.6 is 0 Å². The molecule has 0 atom stereocenters. The van der Waals surface area contributed by atoms with Crippen molar-refractivity contribution in [1.82, 2.24) is 0 Å². The summed E-state index contributed by atoms with van der Waals surface area (Å²) in [6.45, 7) is 1.65. The Bertz CT molecular complexity index is 594. The quantitative estimate of drug-likeness (QED) is 0.389. The molecule has 0 aliphatic rings. The van der Waals surface area contributed by atoms with E-state index in [1.165, 1.54) is 43.2 Å². The van der Waals surface area contributed by atoms with Crippen LogP contribution in [0.1, 0.15) is 35.8 Å². The van der Waals surface area contributed by atoms with Gasteiger partial charge in [-0.2, -0.15) is 16.8 Å². The topological polar surface area (TPSA) is 161 Å². The first-order valence-corrected chi connectivity index (χ1v) is 10.0. The van der Waals surface area contributed by atoms with Crippen molar-refractivity contribution in [2.24, 2.45) is 11.5 Å². The Hall–Kier alpha value is -1.04. The van der Waals surface area contributed by atoms with Crippen LogP contribution in [0.4, 0.5) is 0 Å². The van der Waals surface area contributed by atoms with Gasteiger partial charge < -0.3 is 11.5 Å². The Kier molecular flexibility index (Phi) is 10.2. The van der Waals surface area contributed by atoms with Gasteiger partial charge in [-0.1, -0.05) is 43.2 Å². The summed E-state index contributed by atoms with van der Waals surface area (Å²) in [7, 11) is -9.83. The van der Waals surface area contributed by atoms with Crippen LogP contribution in [0.25, 0.3) is 0 Å². The van der Waals surface area contributed by atoms with Gasteiger partial charge in [0.1, 0.15) is 0 Å². The van der Waals surface area contributed by atoms with Crippen molar-refractivity contribution >= 4 is 20.2 Å². The molecule has 10 heteroatoms. The normalized spacial score (nSPS) is 11.9. The fourth-order valence-corrected chi connectivity index (χ4v) is 3.98. The highest BCUT2D eigenvalue weighted by Crippen LogP contribution is 2.26. The molecule has 0 saturated carbocycles. The smallest absolute Gasteiger partial charge is 0.289 e. The summed E-state index contributed by atoms with van der Waals surface area (Å²) in [6.07, 6.45) is 4.79. The maximum atomic E-state index is 10.8. The molecule has 0 bridgehead atoms. The second-order valence-corrected chi connectivity index (χ2v) is 8.07. The second-order valence-electron chi connectivity index (χ2n) is 4.76. The summed E-state index contributed by atoms with van der Waals surface area (Å²) in [5.74, 6) is 0. The molecule has 0 spiro atoms. The van der Waals surface area contributed by atoms with Crippen molar-refractivity contribution in [3.05, 3.63) is 35.9 Å². The molecule has 0 heterocycles. The summed E-state index contributed by atoms with van der Waals surface area (Å²) in [6, 6.07) is 6.66. The minimum atomic E-state index is -4.91. The minimum Gasteiger partial charge on any atom is -0.330 e. The Morgan fingerprint density at radius 1 is 0.783 bits per heavy atom. The fourth-order valence-electron chi connectivity index (χ4n) is 1.75. The summed E-state index contributed by atoms with van der Waals surface area (Å²) < 4.78 is 58.2. The predicted molar refractivity (Wildman–Crippen MR) is 88.9 cm³/mol. The highest BCUT2D eigenvalue weighted by Gasteiger charge is 2.36. The van der Waals surface area contributed by atoms with Crippen LogP contribution in [0, 0.1) is 0 Å². The van der Waals surface area contributed by atoms with E-state index < -0.39 is 24.8 Å². The Morgan fingerprint density at radius 2 is 1.17 bits per heavy atom. The van der Waals surface area contributed by atoms with Crippen molar-refractivity contribution in [2.45, 2.75) is 30.3 Å². The minimum absolute atomic E-state index is 0.220. The monoisotopic (exact) mass is 368 g/mol. The van der Waals surface area contributed by atoms with Gasteiger partial charge in [0.05, 0.1) is 0 Å². The van der Waals surface area contributed by atoms with E-state index in [0.29, 0.717) is 0 Å². The van der Waals surface area contributed by atoms with Crippen LogP contribution in [0.15, 0.2) is 30.3 Å². The molecule has 0 aliphatic carbocycles. The number of unbranched alkanes of at least 4 members (excludes halogenated alkanes) is 3. The molecular formula is C13H24N2O6S2. The van der Waals surface area contributed by atoms with E-state index in [-0.39, 0.29) is 5.56 Å². The van der Waals surface area contributed by atoms with E-state index in [1.807, 2.05) is 0 Å². The average Bonchev–Trinajstić information content (AvgIpc) is 2.42. The Balaban J connectivity index is 0.000000515. The molecule has 134 valence electrons. The van der Waals surface area contributed by atoms with Crippen LogP contribution in [0.3, 0.4) is 0 Å². The lowest BCUT2D eigenvalue weighted by Crippen LogP contribution is -2.21. The van der Waals surface area contributed by atoms with E-state index >= 15 is 0 Å². The molecule has 0 aliphatic heterocycles. The van der Waals surface area contributed by atoms with E-state index in [0.717, 1.165) is 25.9 Å². The lowest BCUT2D eigenvalue weighted by Gasteiger charge is -2.10. The molecule has 0 unspecified atom stereocenters. The molecule has 6 N–H and O–H groups in total. The van der Waals surface area contributed by atoms with Crippen LogP contribution in [0.5, 0.6) is 0 Å². The molecule has 23 heavy (non-hydrogen) atoms. The van der Waals surface area contributed by atoms with Crippen molar-refractivity contribution in [3.8, 4) is 0 Å². The lowest BCUT2D eigenvalue weighted by molar-refractivity contribution is 0.456. The molecule has 0 saturated heterocycles. The molecule has 8 nitrogen and oxygen atoms in total. The number of benzene rings is 1. The third-order valence-corrected chi connectivity index (χ3v) is 5.86. The maximum absolute atomic E-state index is 10.8. The fraction of sp³-hybridized carbons (Fsp3) is 0.538. The first kappa shape index (κ1) is 22.0. The summed E-state index contributed by atoms with van der Waals surface area (Å²) >= 11 is 0. The van der Waals surface area contributed by atoms with Gasteiger partial charge in [-0.3, -0.25) is 9.11 Å². The Labute approximate surface area is 137 Å². The van der Waals surface area contributed by atoms with Crippen LogP contribution in [0.2, 0.25) is 0 Å². The van der Waals surface area contributed by atoms with Gasteiger partial charge in [0, 0.05) is 0 Å². The largest absolute Gasteiger partial charge is 0.330 e. The molecule has 0 amide bonds. The molecule has 1 rings (SSSR count). The first-order valence-electron chi connectivity index (χ1n) is 7.02. The van der Waals surface area contributed by atoms with E-state index in [1.54, 1.807) is 0 Å². The van der Waals surface area contributed by atoms with Gasteiger partial charge >= 0.3 is 0 Å². The van der Waals surface area contributed by atoms with Crippen molar-refractivity contribution in [2.75, 3.05) is 13.1 Å². The van der Waals surface area contributed by atoms with E-state index in [4.69, 9.17) is 20.6 Å². The van der Waals surface area contributed by atoms with Crippen LogP contribution < -0.4 is 11.5 Å². The molecular weight excluding hydrogens is 344 g/mol. The summed E-state index contributed by atoms with van der Waals surface area (Å²) in [5, 5.41) is 0. The summed E-state index contributed by atoms with van der Waals surface area (Å²) in [5.41, 5.74) is 10.3. The zero-order valence-electron chi connectivity index (χ0n) is 12.7. The third-order valence-electron chi connectivity index (χ3n) is 2.77. The molecule has 0 aromatic heterocycles. The van der Waals surface area contributed by atoms with Gasteiger partial charge in [0.15, 0.2) is 0 Å². The predicted octanol–water partition coefficient (Wildman–Crippen LogP) is 0.925. The highest BCUT2D eigenvalue weighted by atomic mass is 32.3. The van der Waals surface area contributed by atoms with Crippen LogP contribution in [-0.2, 0) is 20.2 Å². The molecule has 0 fully saturated rings.